The fourth-order valence-electron chi connectivity index (χ4n) is 4.23. The van der Waals surface area contributed by atoms with Gasteiger partial charge in [0.1, 0.15) is 5.65 Å². The van der Waals surface area contributed by atoms with Crippen LogP contribution in [0.5, 0.6) is 0 Å². The van der Waals surface area contributed by atoms with Crippen molar-refractivity contribution in [3.05, 3.63) is 88.2 Å². The number of pyridine rings is 1. The molecule has 1 atom stereocenters. The highest BCUT2D eigenvalue weighted by molar-refractivity contribution is 7.98. The van der Waals surface area contributed by atoms with Crippen LogP contribution in [0, 0.1) is 0 Å². The molecule has 180 valence electrons. The number of thioether (sulfide) groups is 1. The number of rotatable bonds is 6. The first-order chi connectivity index (χ1) is 17.0. The largest absolute Gasteiger partial charge is 0.465 e. The molecule has 1 amide bonds. The maximum absolute atomic E-state index is 11.5. The van der Waals surface area contributed by atoms with Crippen LogP contribution in [0.3, 0.4) is 0 Å². The van der Waals surface area contributed by atoms with Crippen molar-refractivity contribution in [1.82, 2.24) is 14.3 Å². The topological polar surface area (TPSA) is 67.1 Å². The number of carboxylic acid groups (broad SMARTS) is 1. The first-order valence-electron chi connectivity index (χ1n) is 11.2. The van der Waals surface area contributed by atoms with Crippen LogP contribution in [0.1, 0.15) is 11.3 Å². The molecule has 0 aliphatic carbocycles. The van der Waals surface area contributed by atoms with Crippen molar-refractivity contribution >= 4 is 46.7 Å². The summed E-state index contributed by atoms with van der Waals surface area (Å²) in [6, 6.07) is 19.9. The minimum Gasteiger partial charge on any atom is -0.465 e. The number of amides is 1. The van der Waals surface area contributed by atoms with Gasteiger partial charge in [-0.2, -0.15) is 0 Å². The zero-order valence-electron chi connectivity index (χ0n) is 18.7. The molecule has 1 N–H and O–H groups in total. The van der Waals surface area contributed by atoms with Gasteiger partial charge in [0.2, 0.25) is 0 Å². The van der Waals surface area contributed by atoms with Gasteiger partial charge in [-0.25, -0.2) is 9.78 Å². The number of ether oxygens (including phenoxy) is 1. The Hall–Kier alpha value is -2.71. The van der Waals surface area contributed by atoms with Gasteiger partial charge in [0.15, 0.2) is 0 Å². The lowest BCUT2D eigenvalue weighted by Crippen LogP contribution is -2.45. The highest BCUT2D eigenvalue weighted by Crippen LogP contribution is 2.35. The average Bonchev–Trinajstić information content (AvgIpc) is 3.20. The van der Waals surface area contributed by atoms with Gasteiger partial charge < -0.3 is 19.1 Å². The normalized spacial score (nSPS) is 16.1. The Labute approximate surface area is 217 Å². The molecular formula is C26H23Cl2N3O3S. The van der Waals surface area contributed by atoms with E-state index in [9.17, 15) is 9.90 Å². The number of morpholine rings is 1. The van der Waals surface area contributed by atoms with Gasteiger partial charge in [0, 0.05) is 46.5 Å². The highest BCUT2D eigenvalue weighted by Gasteiger charge is 2.27. The van der Waals surface area contributed by atoms with Gasteiger partial charge in [-0.1, -0.05) is 59.6 Å². The summed E-state index contributed by atoms with van der Waals surface area (Å²) < 4.78 is 7.88. The summed E-state index contributed by atoms with van der Waals surface area (Å²) in [5.41, 5.74) is 4.41. The predicted molar refractivity (Wildman–Crippen MR) is 140 cm³/mol. The summed E-state index contributed by atoms with van der Waals surface area (Å²) in [6.45, 7) is 1.04. The summed E-state index contributed by atoms with van der Waals surface area (Å²) >= 11 is 14.7. The van der Waals surface area contributed by atoms with E-state index in [0.29, 0.717) is 41.8 Å². The number of hydrogen-bond donors (Lipinski definition) is 1. The van der Waals surface area contributed by atoms with Gasteiger partial charge in [0.05, 0.1) is 35.7 Å². The van der Waals surface area contributed by atoms with E-state index in [4.69, 9.17) is 32.9 Å². The number of benzene rings is 2. The Morgan fingerprint density at radius 1 is 1.14 bits per heavy atom. The molecule has 0 bridgehead atoms. The van der Waals surface area contributed by atoms with Crippen molar-refractivity contribution in [2.75, 3.05) is 19.7 Å². The van der Waals surface area contributed by atoms with Crippen LogP contribution in [-0.4, -0.2) is 51.3 Å². The lowest BCUT2D eigenvalue weighted by atomic mass is 10.1. The Kier molecular flexibility index (Phi) is 7.20. The van der Waals surface area contributed by atoms with E-state index in [1.54, 1.807) is 23.9 Å². The van der Waals surface area contributed by atoms with Crippen molar-refractivity contribution in [2.45, 2.75) is 23.2 Å². The molecule has 0 spiro atoms. The molecule has 0 saturated carbocycles. The molecule has 4 aromatic rings. The maximum atomic E-state index is 11.5. The fraction of sp³-hybridized carbons (Fsp3) is 0.231. The number of hydrogen-bond acceptors (Lipinski definition) is 4. The van der Waals surface area contributed by atoms with Crippen LogP contribution >= 0.6 is 35.0 Å². The van der Waals surface area contributed by atoms with Gasteiger partial charge in [-0.05, 0) is 23.8 Å². The van der Waals surface area contributed by atoms with Crippen molar-refractivity contribution in [2.24, 2.45) is 0 Å². The second kappa shape index (κ2) is 10.5. The molecule has 35 heavy (non-hydrogen) atoms. The summed E-state index contributed by atoms with van der Waals surface area (Å²) in [6.07, 6.45) is 1.14. The third kappa shape index (κ3) is 5.43. The minimum absolute atomic E-state index is 0.284. The Morgan fingerprint density at radius 3 is 2.74 bits per heavy atom. The summed E-state index contributed by atoms with van der Waals surface area (Å²) in [7, 11) is 0. The predicted octanol–water partition coefficient (Wildman–Crippen LogP) is 6.52. The Balaban J connectivity index is 1.45. The van der Waals surface area contributed by atoms with Crippen LogP contribution in [-0.2, 0) is 16.9 Å². The van der Waals surface area contributed by atoms with Crippen molar-refractivity contribution in [3.8, 4) is 11.3 Å². The standard InChI is InChI=1S/C26H23Cl2N3O3S/c27-18-8-9-31-23(13-19-15-30(26(32)33)10-11-34-19)25(29-24(31)12-18)21-7-6-20(14-22(21)28)35-16-17-4-2-1-3-5-17/h1-9,12,14,19H,10-11,13,15-16H2,(H,32,33)/t19-/m0/s1. The number of fused-ring (bicyclic) bond motifs is 1. The molecule has 5 rings (SSSR count). The zero-order chi connectivity index (χ0) is 24.4. The molecule has 2 aromatic heterocycles. The average molecular weight is 528 g/mol. The molecule has 2 aromatic carbocycles. The first-order valence-corrected chi connectivity index (χ1v) is 12.9. The SMILES string of the molecule is O=C(O)N1CCO[C@@H](Cc2c(-c3ccc(SCc4ccccc4)cc3Cl)nc3cc(Cl)ccn23)C1. The van der Waals surface area contributed by atoms with Crippen LogP contribution in [0.15, 0.2) is 71.8 Å². The molecular weight excluding hydrogens is 505 g/mol. The summed E-state index contributed by atoms with van der Waals surface area (Å²) in [4.78, 5) is 18.8. The van der Waals surface area contributed by atoms with Crippen LogP contribution in [0.25, 0.3) is 16.9 Å². The monoisotopic (exact) mass is 527 g/mol. The van der Waals surface area contributed by atoms with E-state index in [0.717, 1.165) is 27.6 Å². The minimum atomic E-state index is -0.935. The van der Waals surface area contributed by atoms with Gasteiger partial charge in [0.25, 0.3) is 0 Å². The van der Waals surface area contributed by atoms with Crippen molar-refractivity contribution in [3.63, 3.8) is 0 Å². The van der Waals surface area contributed by atoms with Gasteiger partial charge in [-0.3, -0.25) is 0 Å². The third-order valence-corrected chi connectivity index (χ3v) is 7.57. The maximum Gasteiger partial charge on any atom is 0.407 e. The first kappa shape index (κ1) is 24.0. The molecule has 3 heterocycles. The quantitative estimate of drug-likeness (QED) is 0.289. The summed E-state index contributed by atoms with van der Waals surface area (Å²) in [5, 5.41) is 10.6. The lowest BCUT2D eigenvalue weighted by molar-refractivity contribution is -0.0214. The molecule has 1 aliphatic rings. The summed E-state index contributed by atoms with van der Waals surface area (Å²) in [5.74, 6) is 0.855. The molecule has 0 unspecified atom stereocenters. The van der Waals surface area contributed by atoms with E-state index in [1.807, 2.05) is 40.9 Å². The molecule has 1 saturated heterocycles. The smallest absolute Gasteiger partial charge is 0.407 e. The second-order valence-corrected chi connectivity index (χ2v) is 10.2. The van der Waals surface area contributed by atoms with E-state index in [-0.39, 0.29) is 6.10 Å². The number of aromatic nitrogens is 2. The van der Waals surface area contributed by atoms with E-state index >= 15 is 0 Å². The van der Waals surface area contributed by atoms with Crippen molar-refractivity contribution < 1.29 is 14.6 Å². The van der Waals surface area contributed by atoms with E-state index in [1.165, 1.54) is 10.5 Å². The second-order valence-electron chi connectivity index (χ2n) is 8.32. The lowest BCUT2D eigenvalue weighted by Gasteiger charge is -2.31. The number of halogens is 2. The number of carbonyl (C=O) groups is 1. The van der Waals surface area contributed by atoms with Gasteiger partial charge in [-0.15, -0.1) is 11.8 Å². The van der Waals surface area contributed by atoms with Crippen molar-refractivity contribution in [1.29, 1.82) is 0 Å². The fourth-order valence-corrected chi connectivity index (χ4v) is 5.61. The molecule has 1 fully saturated rings. The third-order valence-electron chi connectivity index (χ3n) is 5.96. The molecule has 0 radical (unpaired) electrons. The Morgan fingerprint density at radius 2 is 1.97 bits per heavy atom. The van der Waals surface area contributed by atoms with Crippen LogP contribution in [0.2, 0.25) is 10.0 Å². The van der Waals surface area contributed by atoms with Crippen LogP contribution < -0.4 is 0 Å². The van der Waals surface area contributed by atoms with Crippen LogP contribution in [0.4, 0.5) is 4.79 Å². The number of nitrogens with zero attached hydrogens (tertiary/aromatic N) is 3. The molecule has 6 nitrogen and oxygen atoms in total. The Bertz CT molecular complexity index is 1360. The van der Waals surface area contributed by atoms with Gasteiger partial charge >= 0.3 is 6.09 Å². The highest BCUT2D eigenvalue weighted by atomic mass is 35.5. The molecule has 1 aliphatic heterocycles. The molecule has 9 heteroatoms. The number of imidazole rings is 1. The zero-order valence-corrected chi connectivity index (χ0v) is 21.1. The van der Waals surface area contributed by atoms with E-state index in [2.05, 4.69) is 18.2 Å². The van der Waals surface area contributed by atoms with E-state index < -0.39 is 6.09 Å².